The number of aliphatic hydroxyl groups excluding tert-OH is 2. The van der Waals surface area contributed by atoms with Gasteiger partial charge in [-0.25, -0.2) is 0 Å². The summed E-state index contributed by atoms with van der Waals surface area (Å²) in [5, 5.41) is 46.3. The van der Waals surface area contributed by atoms with Crippen molar-refractivity contribution >= 4 is 17.7 Å². The first-order chi connectivity index (χ1) is 28.9. The minimum atomic E-state index is -2.20. The quantitative estimate of drug-likeness (QED) is 0.0769. The van der Waals surface area contributed by atoms with Crippen LogP contribution in [0.1, 0.15) is 52.7 Å². The number of benzene rings is 3. The summed E-state index contributed by atoms with van der Waals surface area (Å²) in [5.41, 5.74) is 15.9. The molecule has 17 heteroatoms. The van der Waals surface area contributed by atoms with Crippen LogP contribution in [0.2, 0.25) is 0 Å². The lowest BCUT2D eigenvalue weighted by molar-refractivity contribution is -0.848. The second kappa shape index (κ2) is 15.5. The van der Waals surface area contributed by atoms with Crippen LogP contribution >= 0.6 is 0 Å². The predicted octanol–water partition coefficient (Wildman–Crippen LogP) is -1.03. The van der Waals surface area contributed by atoms with E-state index < -0.39 is 73.0 Å². The minimum absolute atomic E-state index is 0.144. The molecule has 1 saturated heterocycles. The zero-order valence-electron chi connectivity index (χ0n) is 32.8. The molecule has 3 aromatic carbocycles. The maximum absolute atomic E-state index is 12.4. The van der Waals surface area contributed by atoms with E-state index >= 15 is 0 Å². The van der Waals surface area contributed by atoms with Gasteiger partial charge in [-0.3, -0.25) is 14.7 Å². The highest BCUT2D eigenvalue weighted by atomic mass is 16.7. The smallest absolute Gasteiger partial charge is 0.311 e. The van der Waals surface area contributed by atoms with E-state index in [1.165, 1.54) is 0 Å². The number of hydrogen-bond acceptors (Lipinski definition) is 16. The molecule has 9 rings (SSSR count). The van der Waals surface area contributed by atoms with Crippen molar-refractivity contribution in [1.29, 1.82) is 0 Å². The number of carboxylic acid groups (broad SMARTS) is 1. The number of hydrogen-bond donors (Lipinski definition) is 6. The van der Waals surface area contributed by atoms with Gasteiger partial charge in [-0.1, -0.05) is 36.4 Å². The van der Waals surface area contributed by atoms with Crippen molar-refractivity contribution in [2.75, 3.05) is 20.8 Å². The van der Waals surface area contributed by atoms with Gasteiger partial charge in [-0.2, -0.15) is 0 Å². The maximum Gasteiger partial charge on any atom is 0.311 e. The maximum atomic E-state index is 12.4. The van der Waals surface area contributed by atoms with Gasteiger partial charge in [0.25, 0.3) is 0 Å². The third-order valence-electron chi connectivity index (χ3n) is 12.3. The molecule has 60 heavy (non-hydrogen) atoms. The van der Waals surface area contributed by atoms with Crippen LogP contribution in [0, 0.1) is 0 Å². The van der Waals surface area contributed by atoms with Crippen molar-refractivity contribution in [3.05, 3.63) is 100 Å². The molecule has 0 bridgehead atoms. The molecule has 1 fully saturated rings. The Morgan fingerprint density at radius 1 is 1.07 bits per heavy atom. The number of carboxylic acids is 1. The Hall–Kier alpha value is -5.53. The van der Waals surface area contributed by atoms with Crippen molar-refractivity contribution in [2.24, 2.45) is 16.5 Å². The van der Waals surface area contributed by atoms with E-state index in [4.69, 9.17) is 44.6 Å². The van der Waals surface area contributed by atoms with Crippen molar-refractivity contribution in [3.63, 3.8) is 0 Å². The third kappa shape index (κ3) is 6.75. The van der Waals surface area contributed by atoms with Crippen LogP contribution in [0.3, 0.4) is 0 Å². The van der Waals surface area contributed by atoms with Crippen molar-refractivity contribution < 1.29 is 68.1 Å². The zero-order chi connectivity index (χ0) is 42.0. The first-order valence-corrected chi connectivity index (χ1v) is 19.8. The lowest BCUT2D eigenvalue weighted by atomic mass is 9.78. The van der Waals surface area contributed by atoms with E-state index in [9.17, 15) is 30.0 Å². The Kier molecular flexibility index (Phi) is 10.3. The number of esters is 1. The molecule has 6 aliphatic rings. The number of aliphatic imine (C=N–C) groups is 1. The van der Waals surface area contributed by atoms with E-state index in [1.54, 1.807) is 26.5 Å². The molecule has 0 spiro atoms. The number of carbonyl (C=O) groups is 2. The van der Waals surface area contributed by atoms with Gasteiger partial charge >= 0.3 is 5.97 Å². The fourth-order valence-corrected chi connectivity index (χ4v) is 9.50. The molecular formula is C43H46N4O13. The summed E-state index contributed by atoms with van der Waals surface area (Å²) in [5.74, 6) is -0.976. The number of quaternary nitrogens is 1. The summed E-state index contributed by atoms with van der Waals surface area (Å²) in [6, 6.07) is 15.6. The molecule has 316 valence electrons. The van der Waals surface area contributed by atoms with E-state index in [-0.39, 0.29) is 24.5 Å². The zero-order valence-corrected chi connectivity index (χ0v) is 32.8. The molecule has 6 aliphatic heterocycles. The molecule has 17 nitrogen and oxygen atoms in total. The van der Waals surface area contributed by atoms with Crippen LogP contribution in [-0.4, -0.2) is 102 Å². The van der Waals surface area contributed by atoms with Crippen molar-refractivity contribution in [2.45, 2.75) is 92.8 Å². The Labute approximate surface area is 344 Å². The number of nitrogens with two attached hydrogens (primary N) is 2. The molecule has 0 aliphatic carbocycles. The number of nitrogens with zero attached hydrogens (tertiary/aromatic N) is 1. The molecule has 10 unspecified atom stereocenters. The lowest BCUT2D eigenvalue weighted by Gasteiger charge is -2.49. The van der Waals surface area contributed by atoms with Gasteiger partial charge in [-0.05, 0) is 30.5 Å². The van der Waals surface area contributed by atoms with Gasteiger partial charge in [0, 0.05) is 40.9 Å². The molecule has 0 aromatic heterocycles. The fourth-order valence-electron chi connectivity index (χ4n) is 9.50. The van der Waals surface area contributed by atoms with Gasteiger partial charge in [0.2, 0.25) is 12.0 Å². The molecule has 3 aromatic rings. The van der Waals surface area contributed by atoms with E-state index in [2.05, 4.69) is 11.2 Å². The first kappa shape index (κ1) is 39.9. The Balaban J connectivity index is 1.16. The average Bonchev–Trinajstić information content (AvgIpc) is 3.91. The largest absolute Gasteiger partial charge is 0.550 e. The van der Waals surface area contributed by atoms with Gasteiger partial charge in [-0.15, -0.1) is 0 Å². The SMILES string of the molecule is COc1ccc2c(c1OC)OC1c3c(cc4c(c3C[NH+]3C=C5C=CN=C5C3)CCC3(O)C(O4)OC(C(OC(=O)CC(=O)[O-])C(N)N)C(O)C3O)OC(Cc3ccccc3)C21. The topological polar surface area (TPSA) is 251 Å². The molecule has 0 amide bonds. The number of ether oxygens (including phenoxy) is 7. The van der Waals surface area contributed by atoms with E-state index in [1.807, 2.05) is 48.5 Å². The number of nitrogens with one attached hydrogen (secondary N) is 1. The normalized spacial score (nSPS) is 29.7. The first-order valence-electron chi connectivity index (χ1n) is 19.8. The van der Waals surface area contributed by atoms with E-state index in [0.29, 0.717) is 48.1 Å². The van der Waals surface area contributed by atoms with Gasteiger partial charge in [0.15, 0.2) is 23.2 Å². The molecule has 10 atom stereocenters. The second-order valence-corrected chi connectivity index (χ2v) is 15.9. The number of carbonyl (C=O) groups excluding carboxylic acids is 2. The highest BCUT2D eigenvalue weighted by molar-refractivity contribution is 6.06. The van der Waals surface area contributed by atoms with Crippen LogP contribution in [0.4, 0.5) is 0 Å². The van der Waals surface area contributed by atoms with Gasteiger partial charge in [0.05, 0.1) is 44.3 Å². The minimum Gasteiger partial charge on any atom is -0.550 e. The summed E-state index contributed by atoms with van der Waals surface area (Å²) < 4.78 is 43.6. The monoisotopic (exact) mass is 826 g/mol. The van der Waals surface area contributed by atoms with Crippen molar-refractivity contribution in [3.8, 4) is 28.7 Å². The standard InChI is InChI=1S/C43H46N4O13/c1-54-26-9-8-23-32-28(14-20-6-4-3-5-7-20)56-29-15-27-22(24(18-47-17-21-11-13-46-25(21)19-47)33(29)37(32)59-35(23)36(26)55-2)10-12-43(53)40(52)34(51)38(60-42(43)57-27)39(41(44)45)58-31(50)16-30(48)49/h3-9,11,13,15,17,28,32,34,37-42,51-53H,10,12,14,16,18-19,44-45H2,1-2H3,(H,48,49). The average molecular weight is 827 g/mol. The summed E-state index contributed by atoms with van der Waals surface area (Å²) in [7, 11) is 3.14. The summed E-state index contributed by atoms with van der Waals surface area (Å²) >= 11 is 0. The molecule has 0 radical (unpaired) electrons. The number of fused-ring (bicyclic) bond motifs is 8. The Morgan fingerprint density at radius 3 is 2.58 bits per heavy atom. The van der Waals surface area contributed by atoms with Crippen LogP contribution in [0.15, 0.2) is 77.6 Å². The number of aliphatic carboxylic acids is 1. The summed E-state index contributed by atoms with van der Waals surface area (Å²) in [6.07, 6.45) is -6.00. The van der Waals surface area contributed by atoms with E-state index in [0.717, 1.165) is 38.4 Å². The summed E-state index contributed by atoms with van der Waals surface area (Å²) in [4.78, 5) is 29.2. The Bertz CT molecular complexity index is 2300. The fraction of sp³-hybridized carbons (Fsp3) is 0.419. The number of allylic oxidation sites excluding steroid dienone is 1. The molecule has 6 heterocycles. The number of methoxy groups -OCH3 is 2. The van der Waals surface area contributed by atoms with Crippen molar-refractivity contribution in [1.82, 2.24) is 0 Å². The van der Waals surface area contributed by atoms with Crippen LogP contribution in [0.5, 0.6) is 28.7 Å². The van der Waals surface area contributed by atoms with Crippen LogP contribution in [0.25, 0.3) is 0 Å². The highest BCUT2D eigenvalue weighted by Gasteiger charge is 2.60. The summed E-state index contributed by atoms with van der Waals surface area (Å²) in [6.45, 7) is 1.04. The predicted molar refractivity (Wildman–Crippen MR) is 207 cm³/mol. The van der Waals surface area contributed by atoms with Crippen LogP contribution in [-0.2, 0) is 38.4 Å². The van der Waals surface area contributed by atoms with Gasteiger partial charge in [0.1, 0.15) is 67.0 Å². The molecule has 8 N–H and O–H groups in total. The lowest BCUT2D eigenvalue weighted by Crippen LogP contribution is -3.05. The second-order valence-electron chi connectivity index (χ2n) is 15.9. The Morgan fingerprint density at radius 2 is 1.87 bits per heavy atom. The molecular weight excluding hydrogens is 780 g/mol. The number of rotatable bonds is 11. The van der Waals surface area contributed by atoms with Gasteiger partial charge < -0.3 is 69.8 Å². The molecule has 0 saturated carbocycles. The van der Waals surface area contributed by atoms with Crippen LogP contribution < -0.4 is 45.2 Å². The third-order valence-corrected chi connectivity index (χ3v) is 12.3. The number of aliphatic hydroxyl groups is 3. The highest BCUT2D eigenvalue weighted by Crippen LogP contribution is 2.60.